The molecule has 0 radical (unpaired) electrons. The number of fused-ring (bicyclic) bond motifs is 2. The first kappa shape index (κ1) is 14.3. The second-order valence-corrected chi connectivity index (χ2v) is 6.72. The molecule has 0 bridgehead atoms. The number of carbonyl (C=O) groups excluding carboxylic acids is 2. The van der Waals surface area contributed by atoms with Crippen molar-refractivity contribution in [3.05, 3.63) is 36.5 Å². The normalized spacial score (nSPS) is 24.3. The summed E-state index contributed by atoms with van der Waals surface area (Å²) in [6, 6.07) is 10.1. The van der Waals surface area contributed by atoms with Gasteiger partial charge < -0.3 is 14.4 Å². The van der Waals surface area contributed by atoms with E-state index < -0.39 is 0 Å². The number of nitrogens with zero attached hydrogens (tertiary/aromatic N) is 3. The topological polar surface area (TPSA) is 45.5 Å². The molecule has 0 aliphatic carbocycles. The van der Waals surface area contributed by atoms with Gasteiger partial charge >= 0.3 is 0 Å². The van der Waals surface area contributed by atoms with E-state index in [1.54, 1.807) is 4.90 Å². The van der Waals surface area contributed by atoms with Crippen LogP contribution in [0.2, 0.25) is 0 Å². The maximum absolute atomic E-state index is 12.7. The largest absolute Gasteiger partial charge is 0.345 e. The summed E-state index contributed by atoms with van der Waals surface area (Å²) >= 11 is 0. The summed E-state index contributed by atoms with van der Waals surface area (Å²) < 4.78 is 1.99. The van der Waals surface area contributed by atoms with Crippen molar-refractivity contribution in [1.29, 1.82) is 0 Å². The molecule has 5 heteroatoms. The van der Waals surface area contributed by atoms with Crippen LogP contribution in [0.25, 0.3) is 10.9 Å². The molecular weight excluding hydrogens is 290 g/mol. The Hall–Kier alpha value is -2.30. The van der Waals surface area contributed by atoms with Crippen molar-refractivity contribution < 1.29 is 9.59 Å². The number of hydrogen-bond donors (Lipinski definition) is 0. The fraction of sp³-hybridized carbons (Fsp3) is 0.444. The lowest BCUT2D eigenvalue weighted by molar-refractivity contribution is -0.138. The number of likely N-dealkylation sites (tertiary alicyclic amines) is 2. The average molecular weight is 311 g/mol. The molecule has 2 amide bonds. The van der Waals surface area contributed by atoms with Crippen LogP contribution >= 0.6 is 0 Å². The van der Waals surface area contributed by atoms with E-state index in [4.69, 9.17) is 0 Å². The first-order chi connectivity index (χ1) is 11.1. The molecule has 0 saturated carbocycles. The number of rotatable bonds is 2. The third-order valence-electron chi connectivity index (χ3n) is 5.31. The Kier molecular flexibility index (Phi) is 3.36. The van der Waals surface area contributed by atoms with Crippen LogP contribution in [-0.2, 0) is 16.1 Å². The van der Waals surface area contributed by atoms with Gasteiger partial charge in [0.2, 0.25) is 11.8 Å². The van der Waals surface area contributed by atoms with Gasteiger partial charge in [-0.05, 0) is 29.9 Å². The van der Waals surface area contributed by atoms with E-state index >= 15 is 0 Å². The number of amides is 2. The Morgan fingerprint density at radius 1 is 1.22 bits per heavy atom. The van der Waals surface area contributed by atoms with Crippen LogP contribution in [0.4, 0.5) is 0 Å². The molecule has 5 nitrogen and oxygen atoms in total. The predicted octanol–water partition coefficient (Wildman–Crippen LogP) is 1.58. The quantitative estimate of drug-likeness (QED) is 0.845. The minimum absolute atomic E-state index is 0.000827. The summed E-state index contributed by atoms with van der Waals surface area (Å²) in [6.07, 6.45) is 2.97. The van der Waals surface area contributed by atoms with Crippen LogP contribution in [0, 0.1) is 11.8 Å². The molecule has 1 aromatic carbocycles. The van der Waals surface area contributed by atoms with Crippen molar-refractivity contribution in [1.82, 2.24) is 14.4 Å². The minimum Gasteiger partial charge on any atom is -0.345 e. The fourth-order valence-corrected chi connectivity index (χ4v) is 3.92. The van der Waals surface area contributed by atoms with Crippen LogP contribution in [0.15, 0.2) is 36.5 Å². The Morgan fingerprint density at radius 3 is 2.91 bits per heavy atom. The zero-order valence-corrected chi connectivity index (χ0v) is 13.3. The summed E-state index contributed by atoms with van der Waals surface area (Å²) in [6.45, 7) is 2.45. The standard InChI is InChI=1S/C18H21N3O2/c1-19-8-6-14-10-21(11-15(14)18(19)23)17(22)12-20-9-7-13-4-2-3-5-16(13)20/h2-5,7,9,14-15H,6,8,10-12H2,1H3/t14-,15+/m1/s1. The molecule has 120 valence electrons. The molecule has 2 aromatic rings. The molecular formula is C18H21N3O2. The zero-order chi connectivity index (χ0) is 16.0. The van der Waals surface area contributed by atoms with Gasteiger partial charge in [0.05, 0.1) is 5.92 Å². The lowest BCUT2D eigenvalue weighted by atomic mass is 9.88. The van der Waals surface area contributed by atoms with E-state index in [1.807, 2.05) is 47.0 Å². The van der Waals surface area contributed by atoms with Gasteiger partial charge in [-0.15, -0.1) is 0 Å². The van der Waals surface area contributed by atoms with Crippen molar-refractivity contribution in [2.24, 2.45) is 11.8 Å². The average Bonchev–Trinajstić information content (AvgIpc) is 3.16. The number of hydrogen-bond acceptors (Lipinski definition) is 2. The molecule has 3 heterocycles. The monoisotopic (exact) mass is 311 g/mol. The summed E-state index contributed by atoms with van der Waals surface area (Å²) in [5, 5.41) is 1.15. The molecule has 2 saturated heterocycles. The third-order valence-corrected chi connectivity index (χ3v) is 5.31. The van der Waals surface area contributed by atoms with E-state index in [0.29, 0.717) is 19.0 Å². The van der Waals surface area contributed by atoms with Gasteiger partial charge in [0.25, 0.3) is 0 Å². The van der Waals surface area contributed by atoms with Crippen LogP contribution in [0.5, 0.6) is 0 Å². The number of aromatic nitrogens is 1. The molecule has 2 fully saturated rings. The van der Waals surface area contributed by atoms with Gasteiger partial charge in [0, 0.05) is 38.4 Å². The van der Waals surface area contributed by atoms with Crippen LogP contribution in [0.1, 0.15) is 6.42 Å². The van der Waals surface area contributed by atoms with Crippen molar-refractivity contribution in [3.63, 3.8) is 0 Å². The highest BCUT2D eigenvalue weighted by Crippen LogP contribution is 2.31. The van der Waals surface area contributed by atoms with E-state index in [2.05, 4.69) is 6.07 Å². The van der Waals surface area contributed by atoms with Gasteiger partial charge in [-0.2, -0.15) is 0 Å². The van der Waals surface area contributed by atoms with Gasteiger partial charge in [-0.25, -0.2) is 0 Å². The van der Waals surface area contributed by atoms with E-state index in [0.717, 1.165) is 30.4 Å². The minimum atomic E-state index is -0.000827. The molecule has 2 aliphatic rings. The second kappa shape index (κ2) is 5.41. The van der Waals surface area contributed by atoms with Crippen molar-refractivity contribution in [2.45, 2.75) is 13.0 Å². The number of benzene rings is 1. The molecule has 23 heavy (non-hydrogen) atoms. The highest BCUT2D eigenvalue weighted by Gasteiger charge is 2.43. The van der Waals surface area contributed by atoms with Crippen LogP contribution in [0.3, 0.4) is 0 Å². The van der Waals surface area contributed by atoms with Crippen molar-refractivity contribution in [3.8, 4) is 0 Å². The molecule has 0 spiro atoms. The van der Waals surface area contributed by atoms with Gasteiger partial charge in [0.15, 0.2) is 0 Å². The molecule has 2 atom stereocenters. The highest BCUT2D eigenvalue weighted by molar-refractivity contribution is 5.85. The Balaban J connectivity index is 1.49. The molecule has 2 aliphatic heterocycles. The summed E-state index contributed by atoms with van der Waals surface area (Å²) in [5.41, 5.74) is 1.08. The van der Waals surface area contributed by atoms with Crippen LogP contribution in [-0.4, -0.2) is 52.9 Å². The highest BCUT2D eigenvalue weighted by atomic mass is 16.2. The number of carbonyl (C=O) groups is 2. The zero-order valence-electron chi connectivity index (χ0n) is 13.3. The first-order valence-corrected chi connectivity index (χ1v) is 8.20. The SMILES string of the molecule is CN1CC[C@@H]2CN(C(=O)Cn3ccc4ccccc43)C[C@@H]2C1=O. The predicted molar refractivity (Wildman–Crippen MR) is 87.8 cm³/mol. The van der Waals surface area contributed by atoms with Gasteiger partial charge in [-0.3, -0.25) is 9.59 Å². The van der Waals surface area contributed by atoms with E-state index in [9.17, 15) is 9.59 Å². The fourth-order valence-electron chi connectivity index (χ4n) is 3.92. The van der Waals surface area contributed by atoms with E-state index in [1.165, 1.54) is 0 Å². The maximum Gasteiger partial charge on any atom is 0.242 e. The molecule has 1 aromatic heterocycles. The van der Waals surface area contributed by atoms with Crippen LogP contribution < -0.4 is 0 Å². The van der Waals surface area contributed by atoms with Gasteiger partial charge in [0.1, 0.15) is 6.54 Å². The van der Waals surface area contributed by atoms with Crippen molar-refractivity contribution >= 4 is 22.7 Å². The summed E-state index contributed by atoms with van der Waals surface area (Å²) in [7, 11) is 1.86. The Bertz CT molecular complexity index is 766. The summed E-state index contributed by atoms with van der Waals surface area (Å²) in [5.74, 6) is 0.641. The van der Waals surface area contributed by atoms with Gasteiger partial charge in [-0.1, -0.05) is 18.2 Å². The first-order valence-electron chi connectivity index (χ1n) is 8.20. The molecule has 0 unspecified atom stereocenters. The Labute approximate surface area is 135 Å². The smallest absolute Gasteiger partial charge is 0.242 e. The maximum atomic E-state index is 12.7. The van der Waals surface area contributed by atoms with E-state index in [-0.39, 0.29) is 17.7 Å². The lowest BCUT2D eigenvalue weighted by Gasteiger charge is -2.30. The summed E-state index contributed by atoms with van der Waals surface area (Å²) in [4.78, 5) is 28.6. The lowest BCUT2D eigenvalue weighted by Crippen LogP contribution is -2.42. The number of para-hydroxylation sites is 1. The molecule has 4 rings (SSSR count). The Morgan fingerprint density at radius 2 is 2.04 bits per heavy atom. The number of piperidine rings is 1. The second-order valence-electron chi connectivity index (χ2n) is 6.72. The van der Waals surface area contributed by atoms with Crippen molar-refractivity contribution in [2.75, 3.05) is 26.7 Å². The third kappa shape index (κ3) is 2.40. The molecule has 0 N–H and O–H groups in total.